The number of nitrogen functional groups attached to an aromatic ring is 1. The van der Waals surface area contributed by atoms with E-state index in [0.717, 1.165) is 0 Å². The van der Waals surface area contributed by atoms with Crippen LogP contribution in [-0.4, -0.2) is 23.9 Å². The number of aliphatic hydroxyl groups excluding tert-OH is 1. The van der Waals surface area contributed by atoms with Crippen LogP contribution in [0.15, 0.2) is 12.1 Å². The van der Waals surface area contributed by atoms with Crippen molar-refractivity contribution in [1.29, 1.82) is 0 Å². The Morgan fingerprint density at radius 3 is 2.47 bits per heavy atom. The molecular weight excluding hydrogens is 247 g/mol. The maximum atomic E-state index is 13.6. The van der Waals surface area contributed by atoms with Crippen LogP contribution in [0.25, 0.3) is 0 Å². The van der Waals surface area contributed by atoms with Crippen molar-refractivity contribution in [3.63, 3.8) is 0 Å². The number of hydrogen-bond acceptors (Lipinski definition) is 4. The molecule has 19 heavy (non-hydrogen) atoms. The summed E-state index contributed by atoms with van der Waals surface area (Å²) in [7, 11) is 0. The molecule has 1 aromatic rings. The molecule has 4 nitrogen and oxygen atoms in total. The van der Waals surface area contributed by atoms with Gasteiger partial charge in [-0.15, -0.1) is 0 Å². The van der Waals surface area contributed by atoms with Gasteiger partial charge in [0.25, 0.3) is 0 Å². The summed E-state index contributed by atoms with van der Waals surface area (Å²) in [4.78, 5) is 0. The van der Waals surface area contributed by atoms with Crippen LogP contribution in [0, 0.1) is 11.7 Å². The molecular formula is C14H23FN2O2. The number of aliphatic hydroxyl groups is 1. The van der Waals surface area contributed by atoms with Gasteiger partial charge in [-0.1, -0.05) is 13.8 Å². The maximum Gasteiger partial charge on any atom is 0.167 e. The molecule has 0 saturated heterocycles. The first-order valence-corrected chi connectivity index (χ1v) is 6.48. The Bertz CT molecular complexity index is 422. The van der Waals surface area contributed by atoms with Gasteiger partial charge in [0, 0.05) is 18.7 Å². The van der Waals surface area contributed by atoms with Gasteiger partial charge in [0.15, 0.2) is 11.6 Å². The van der Waals surface area contributed by atoms with E-state index in [-0.39, 0.29) is 17.8 Å². The molecule has 1 rings (SSSR count). The fourth-order valence-electron chi connectivity index (χ4n) is 1.52. The van der Waals surface area contributed by atoms with E-state index in [0.29, 0.717) is 17.9 Å². The second-order valence-corrected chi connectivity index (χ2v) is 5.23. The second-order valence-electron chi connectivity index (χ2n) is 5.23. The van der Waals surface area contributed by atoms with E-state index in [1.807, 2.05) is 27.7 Å². The Morgan fingerprint density at radius 1 is 1.32 bits per heavy atom. The number of rotatable bonds is 6. The molecule has 0 aliphatic rings. The number of nitrogens with two attached hydrogens (primary N) is 1. The van der Waals surface area contributed by atoms with Crippen LogP contribution in [0.4, 0.5) is 15.8 Å². The van der Waals surface area contributed by atoms with E-state index in [9.17, 15) is 9.50 Å². The Labute approximate surface area is 113 Å². The predicted octanol–water partition coefficient (Wildman–Crippen LogP) is 2.62. The fourth-order valence-corrected chi connectivity index (χ4v) is 1.52. The molecule has 0 heterocycles. The third-order valence-corrected chi connectivity index (χ3v) is 2.74. The molecule has 4 N–H and O–H groups in total. The van der Waals surface area contributed by atoms with Crippen molar-refractivity contribution in [1.82, 2.24) is 0 Å². The second kappa shape index (κ2) is 6.61. The van der Waals surface area contributed by atoms with Crippen molar-refractivity contribution in [2.45, 2.75) is 39.9 Å². The van der Waals surface area contributed by atoms with E-state index in [1.54, 1.807) is 0 Å². The Morgan fingerprint density at radius 2 is 1.95 bits per heavy atom. The van der Waals surface area contributed by atoms with Gasteiger partial charge in [-0.05, 0) is 19.8 Å². The van der Waals surface area contributed by atoms with Gasteiger partial charge < -0.3 is 20.9 Å². The zero-order valence-corrected chi connectivity index (χ0v) is 11.9. The minimum Gasteiger partial charge on any atom is -0.488 e. The van der Waals surface area contributed by atoms with Gasteiger partial charge >= 0.3 is 0 Å². The summed E-state index contributed by atoms with van der Waals surface area (Å²) >= 11 is 0. The Hall–Kier alpha value is -1.49. The number of hydrogen-bond donors (Lipinski definition) is 3. The molecule has 0 spiro atoms. The number of nitrogens with one attached hydrogen (secondary N) is 1. The lowest BCUT2D eigenvalue weighted by Crippen LogP contribution is -2.25. The highest BCUT2D eigenvalue weighted by Crippen LogP contribution is 2.29. The summed E-state index contributed by atoms with van der Waals surface area (Å²) in [5.74, 6) is -0.188. The van der Waals surface area contributed by atoms with Crippen molar-refractivity contribution >= 4 is 11.4 Å². The molecule has 0 aliphatic carbocycles. The summed E-state index contributed by atoms with van der Waals surface area (Å²) in [5.41, 5.74) is 6.61. The zero-order valence-electron chi connectivity index (χ0n) is 11.9. The highest BCUT2D eigenvalue weighted by atomic mass is 19.1. The molecule has 0 aromatic heterocycles. The minimum absolute atomic E-state index is 0.118. The maximum absolute atomic E-state index is 13.6. The van der Waals surface area contributed by atoms with E-state index in [2.05, 4.69) is 5.32 Å². The fraction of sp³-hybridized carbons (Fsp3) is 0.571. The van der Waals surface area contributed by atoms with E-state index in [4.69, 9.17) is 10.5 Å². The van der Waals surface area contributed by atoms with E-state index in [1.165, 1.54) is 12.1 Å². The SMILES string of the molecule is CC(C)Oc1cc(NCC(O)C(C)C)c(N)cc1F. The van der Waals surface area contributed by atoms with Crippen molar-refractivity contribution in [2.75, 3.05) is 17.6 Å². The van der Waals surface area contributed by atoms with Gasteiger partial charge in [0.2, 0.25) is 0 Å². The van der Waals surface area contributed by atoms with E-state index >= 15 is 0 Å². The molecule has 5 heteroatoms. The van der Waals surface area contributed by atoms with Gasteiger partial charge in [-0.25, -0.2) is 4.39 Å². The van der Waals surface area contributed by atoms with E-state index < -0.39 is 11.9 Å². The van der Waals surface area contributed by atoms with Gasteiger partial charge in [-0.2, -0.15) is 0 Å². The lowest BCUT2D eigenvalue weighted by molar-refractivity contribution is 0.138. The average Bonchev–Trinajstić information content (AvgIpc) is 2.30. The zero-order chi connectivity index (χ0) is 14.6. The first-order valence-electron chi connectivity index (χ1n) is 6.48. The number of ether oxygens (including phenoxy) is 1. The molecule has 1 unspecified atom stereocenters. The molecule has 1 atom stereocenters. The normalized spacial score (nSPS) is 12.8. The average molecular weight is 270 g/mol. The highest BCUT2D eigenvalue weighted by molar-refractivity contribution is 5.68. The summed E-state index contributed by atoms with van der Waals surface area (Å²) in [6.45, 7) is 7.85. The standard InChI is InChI=1S/C14H23FN2O2/c1-8(2)13(18)7-17-12-6-14(19-9(3)4)10(15)5-11(12)16/h5-6,8-9,13,17-18H,7,16H2,1-4H3. The third-order valence-electron chi connectivity index (χ3n) is 2.74. The molecule has 0 fully saturated rings. The summed E-state index contributed by atoms with van der Waals surface area (Å²) < 4.78 is 19.0. The molecule has 0 saturated carbocycles. The molecule has 0 bridgehead atoms. The molecule has 108 valence electrons. The largest absolute Gasteiger partial charge is 0.488 e. The molecule has 0 aliphatic heterocycles. The van der Waals surface area contributed by atoms with Crippen LogP contribution in [0.2, 0.25) is 0 Å². The number of anilines is 2. The topological polar surface area (TPSA) is 67.5 Å². The van der Waals surface area contributed by atoms with Crippen LogP contribution in [0.1, 0.15) is 27.7 Å². The monoisotopic (exact) mass is 270 g/mol. The van der Waals surface area contributed by atoms with Crippen molar-refractivity contribution in [3.8, 4) is 5.75 Å². The Kier molecular flexibility index (Phi) is 5.42. The highest BCUT2D eigenvalue weighted by Gasteiger charge is 2.13. The van der Waals surface area contributed by atoms with Crippen LogP contribution < -0.4 is 15.8 Å². The van der Waals surface area contributed by atoms with Crippen LogP contribution in [0.5, 0.6) is 5.75 Å². The minimum atomic E-state index is -0.487. The van der Waals surface area contributed by atoms with Gasteiger partial charge in [0.1, 0.15) is 0 Å². The van der Waals surface area contributed by atoms with Crippen LogP contribution >= 0.6 is 0 Å². The lowest BCUT2D eigenvalue weighted by Gasteiger charge is -2.18. The molecule has 0 amide bonds. The van der Waals surface area contributed by atoms with Crippen molar-refractivity contribution < 1.29 is 14.2 Å². The lowest BCUT2D eigenvalue weighted by atomic mass is 10.1. The Balaban J connectivity index is 2.82. The summed E-state index contributed by atoms with van der Waals surface area (Å²) in [5, 5.41) is 12.8. The van der Waals surface area contributed by atoms with Crippen molar-refractivity contribution in [3.05, 3.63) is 17.9 Å². The van der Waals surface area contributed by atoms with Gasteiger partial charge in [-0.3, -0.25) is 0 Å². The number of benzene rings is 1. The van der Waals surface area contributed by atoms with Gasteiger partial charge in [0.05, 0.1) is 23.6 Å². The first-order chi connectivity index (χ1) is 8.81. The molecule has 1 aromatic carbocycles. The summed E-state index contributed by atoms with van der Waals surface area (Å²) in [6.07, 6.45) is -0.605. The van der Waals surface area contributed by atoms with Crippen LogP contribution in [-0.2, 0) is 0 Å². The predicted molar refractivity (Wildman–Crippen MR) is 75.9 cm³/mol. The van der Waals surface area contributed by atoms with Crippen molar-refractivity contribution in [2.24, 2.45) is 5.92 Å². The van der Waals surface area contributed by atoms with Crippen LogP contribution in [0.3, 0.4) is 0 Å². The smallest absolute Gasteiger partial charge is 0.167 e. The molecule has 0 radical (unpaired) electrons. The summed E-state index contributed by atoms with van der Waals surface area (Å²) in [6, 6.07) is 2.75. The first kappa shape index (κ1) is 15.6. The quantitative estimate of drug-likeness (QED) is 0.695. The third kappa shape index (κ3) is 4.59. The number of halogens is 1.